The van der Waals surface area contributed by atoms with E-state index in [1.807, 2.05) is 13.8 Å². The SMILES string of the molecule is Cc1noc(C)c1C(C)NC1=NC(C)CCS1. The Bertz CT molecular complexity index is 408. The van der Waals surface area contributed by atoms with Gasteiger partial charge < -0.3 is 9.84 Å². The van der Waals surface area contributed by atoms with Gasteiger partial charge in [-0.15, -0.1) is 0 Å². The lowest BCUT2D eigenvalue weighted by molar-refractivity contribution is 0.391. The maximum absolute atomic E-state index is 5.19. The minimum absolute atomic E-state index is 0.192. The van der Waals surface area contributed by atoms with Gasteiger partial charge in [-0.25, -0.2) is 0 Å². The minimum Gasteiger partial charge on any atom is -0.361 e. The Morgan fingerprint density at radius 2 is 2.24 bits per heavy atom. The quantitative estimate of drug-likeness (QED) is 0.880. The van der Waals surface area contributed by atoms with Crippen molar-refractivity contribution in [3.05, 3.63) is 17.0 Å². The highest BCUT2D eigenvalue weighted by atomic mass is 32.2. The second-order valence-corrected chi connectivity index (χ2v) is 5.61. The first-order valence-electron chi connectivity index (χ1n) is 5.98. The van der Waals surface area contributed by atoms with Crippen LogP contribution in [0.25, 0.3) is 0 Å². The van der Waals surface area contributed by atoms with E-state index >= 15 is 0 Å². The molecule has 1 aliphatic heterocycles. The monoisotopic (exact) mass is 253 g/mol. The highest BCUT2D eigenvalue weighted by Gasteiger charge is 2.19. The van der Waals surface area contributed by atoms with Gasteiger partial charge in [0.15, 0.2) is 5.17 Å². The molecule has 5 heteroatoms. The molecule has 1 aromatic rings. The van der Waals surface area contributed by atoms with Gasteiger partial charge in [0.2, 0.25) is 0 Å². The molecular weight excluding hydrogens is 234 g/mol. The number of amidine groups is 1. The fraction of sp³-hybridized carbons (Fsp3) is 0.667. The lowest BCUT2D eigenvalue weighted by Crippen LogP contribution is -2.28. The fourth-order valence-electron chi connectivity index (χ4n) is 2.07. The van der Waals surface area contributed by atoms with Crippen LogP contribution in [0, 0.1) is 13.8 Å². The molecule has 1 N–H and O–H groups in total. The van der Waals surface area contributed by atoms with Crippen LogP contribution >= 0.6 is 11.8 Å². The predicted octanol–water partition coefficient (Wildman–Crippen LogP) is 2.82. The molecule has 2 heterocycles. The molecule has 0 saturated heterocycles. The third-order valence-corrected chi connectivity index (χ3v) is 3.91. The van der Waals surface area contributed by atoms with Crippen molar-refractivity contribution in [2.24, 2.45) is 4.99 Å². The smallest absolute Gasteiger partial charge is 0.157 e. The van der Waals surface area contributed by atoms with Gasteiger partial charge in [0.05, 0.1) is 17.8 Å². The lowest BCUT2D eigenvalue weighted by atomic mass is 10.1. The Hall–Kier alpha value is -0.970. The molecule has 0 radical (unpaired) electrons. The summed E-state index contributed by atoms with van der Waals surface area (Å²) < 4.78 is 5.19. The number of nitrogens with zero attached hydrogens (tertiary/aromatic N) is 2. The Kier molecular flexibility index (Phi) is 3.76. The summed E-state index contributed by atoms with van der Waals surface area (Å²) in [6.45, 7) is 8.20. The summed E-state index contributed by atoms with van der Waals surface area (Å²) >= 11 is 1.79. The Morgan fingerprint density at radius 1 is 1.47 bits per heavy atom. The summed E-state index contributed by atoms with van der Waals surface area (Å²) in [7, 11) is 0. The molecule has 4 nitrogen and oxygen atoms in total. The zero-order chi connectivity index (χ0) is 12.4. The molecule has 0 saturated carbocycles. The largest absolute Gasteiger partial charge is 0.361 e. The van der Waals surface area contributed by atoms with Crippen molar-refractivity contribution >= 4 is 16.9 Å². The van der Waals surface area contributed by atoms with Gasteiger partial charge in [0.1, 0.15) is 5.76 Å². The van der Waals surface area contributed by atoms with E-state index in [0.29, 0.717) is 6.04 Å². The predicted molar refractivity (Wildman–Crippen MR) is 71.5 cm³/mol. The number of rotatable bonds is 2. The maximum atomic E-state index is 5.19. The molecule has 2 rings (SSSR count). The first-order valence-corrected chi connectivity index (χ1v) is 6.96. The fourth-order valence-corrected chi connectivity index (χ4v) is 3.24. The van der Waals surface area contributed by atoms with Crippen LogP contribution in [-0.4, -0.2) is 22.1 Å². The van der Waals surface area contributed by atoms with Crippen molar-refractivity contribution in [2.45, 2.75) is 46.2 Å². The number of aromatic nitrogens is 1. The van der Waals surface area contributed by atoms with Crippen molar-refractivity contribution in [1.29, 1.82) is 0 Å². The lowest BCUT2D eigenvalue weighted by Gasteiger charge is -2.21. The van der Waals surface area contributed by atoms with Crippen molar-refractivity contribution in [1.82, 2.24) is 10.5 Å². The summed E-state index contributed by atoms with van der Waals surface area (Å²) in [5.41, 5.74) is 2.10. The molecule has 0 spiro atoms. The van der Waals surface area contributed by atoms with Gasteiger partial charge in [-0.05, 0) is 34.1 Å². The van der Waals surface area contributed by atoms with Crippen molar-refractivity contribution in [3.63, 3.8) is 0 Å². The van der Waals surface area contributed by atoms with Crippen LogP contribution in [0.15, 0.2) is 9.52 Å². The van der Waals surface area contributed by atoms with Gasteiger partial charge in [-0.1, -0.05) is 16.9 Å². The molecule has 0 bridgehead atoms. The van der Waals surface area contributed by atoms with Gasteiger partial charge in [-0.2, -0.15) is 0 Å². The van der Waals surface area contributed by atoms with Crippen LogP contribution in [-0.2, 0) is 0 Å². The molecule has 0 aromatic carbocycles. The van der Waals surface area contributed by atoms with E-state index in [1.165, 1.54) is 0 Å². The van der Waals surface area contributed by atoms with Crippen LogP contribution in [0.5, 0.6) is 0 Å². The van der Waals surface area contributed by atoms with Crippen molar-refractivity contribution < 1.29 is 4.52 Å². The van der Waals surface area contributed by atoms with Gasteiger partial charge >= 0.3 is 0 Å². The van der Waals surface area contributed by atoms with E-state index in [-0.39, 0.29) is 6.04 Å². The van der Waals surface area contributed by atoms with Crippen LogP contribution < -0.4 is 5.32 Å². The first kappa shape index (κ1) is 12.5. The third kappa shape index (κ3) is 2.83. The van der Waals surface area contributed by atoms with Crippen molar-refractivity contribution in [2.75, 3.05) is 5.75 Å². The number of thioether (sulfide) groups is 1. The van der Waals surface area contributed by atoms with Crippen LogP contribution in [0.1, 0.15) is 43.3 Å². The molecule has 0 aliphatic carbocycles. The molecule has 0 fully saturated rings. The number of hydrogen-bond donors (Lipinski definition) is 1. The summed E-state index contributed by atoms with van der Waals surface area (Å²) in [6.07, 6.45) is 1.16. The normalized spacial score (nSPS) is 22.1. The topological polar surface area (TPSA) is 50.4 Å². The number of nitrogens with one attached hydrogen (secondary N) is 1. The van der Waals surface area contributed by atoms with E-state index < -0.39 is 0 Å². The van der Waals surface area contributed by atoms with Crippen LogP contribution in [0.2, 0.25) is 0 Å². The maximum Gasteiger partial charge on any atom is 0.157 e. The average Bonchev–Trinajstić information content (AvgIpc) is 2.58. The Balaban J connectivity index is 2.09. The molecule has 1 aromatic heterocycles. The number of hydrogen-bond acceptors (Lipinski definition) is 5. The summed E-state index contributed by atoms with van der Waals surface area (Å²) in [5.74, 6) is 2.03. The van der Waals surface area contributed by atoms with E-state index in [1.54, 1.807) is 11.8 Å². The zero-order valence-electron chi connectivity index (χ0n) is 10.8. The van der Waals surface area contributed by atoms with Crippen LogP contribution in [0.4, 0.5) is 0 Å². The number of aliphatic imine (C=N–C) groups is 1. The van der Waals surface area contributed by atoms with E-state index in [0.717, 1.165) is 34.4 Å². The summed E-state index contributed by atoms with van der Waals surface area (Å²) in [4.78, 5) is 4.61. The van der Waals surface area contributed by atoms with Gasteiger partial charge in [-0.3, -0.25) is 4.99 Å². The molecule has 2 unspecified atom stereocenters. The molecular formula is C12H19N3OS. The van der Waals surface area contributed by atoms with E-state index in [2.05, 4.69) is 29.3 Å². The second kappa shape index (κ2) is 5.12. The Morgan fingerprint density at radius 3 is 2.82 bits per heavy atom. The molecule has 1 aliphatic rings. The molecule has 17 heavy (non-hydrogen) atoms. The molecule has 94 valence electrons. The third-order valence-electron chi connectivity index (χ3n) is 2.97. The average molecular weight is 253 g/mol. The van der Waals surface area contributed by atoms with E-state index in [4.69, 9.17) is 4.52 Å². The molecule has 0 amide bonds. The zero-order valence-corrected chi connectivity index (χ0v) is 11.6. The van der Waals surface area contributed by atoms with E-state index in [9.17, 15) is 0 Å². The standard InChI is InChI=1S/C12H19N3OS/c1-7-5-6-17-12(13-7)14-8(2)11-9(3)15-16-10(11)4/h7-8H,5-6H2,1-4H3,(H,13,14). The first-order chi connectivity index (χ1) is 8.08. The highest BCUT2D eigenvalue weighted by Crippen LogP contribution is 2.23. The summed E-state index contributed by atoms with van der Waals surface area (Å²) in [6, 6.07) is 0.619. The summed E-state index contributed by atoms with van der Waals surface area (Å²) in [5, 5.41) is 8.47. The van der Waals surface area contributed by atoms with Crippen molar-refractivity contribution in [3.8, 4) is 0 Å². The number of aryl methyl sites for hydroxylation is 2. The minimum atomic E-state index is 0.192. The second-order valence-electron chi connectivity index (χ2n) is 4.52. The highest BCUT2D eigenvalue weighted by molar-refractivity contribution is 8.13. The van der Waals surface area contributed by atoms with Crippen LogP contribution in [0.3, 0.4) is 0 Å². The van der Waals surface area contributed by atoms with Gasteiger partial charge in [0.25, 0.3) is 0 Å². The van der Waals surface area contributed by atoms with Gasteiger partial charge in [0, 0.05) is 11.3 Å². The Labute approximate surface area is 106 Å². The molecule has 2 atom stereocenters.